The molecule has 20 heavy (non-hydrogen) atoms. The number of hydrogen-bond acceptors (Lipinski definition) is 6. The predicted octanol–water partition coefficient (Wildman–Crippen LogP) is 2.48. The highest BCUT2D eigenvalue weighted by molar-refractivity contribution is 7.99. The van der Waals surface area contributed by atoms with Crippen molar-refractivity contribution >= 4 is 17.7 Å². The van der Waals surface area contributed by atoms with Crippen LogP contribution >= 0.6 is 11.8 Å². The normalized spacial score (nSPS) is 15.6. The first kappa shape index (κ1) is 13.2. The molecule has 0 bridgehead atoms. The Balaban J connectivity index is 1.49. The van der Waals surface area contributed by atoms with E-state index in [1.54, 1.807) is 18.4 Å². The van der Waals surface area contributed by atoms with Gasteiger partial charge in [-0.05, 0) is 25.0 Å². The molecule has 1 N–H and O–H groups in total. The topological polar surface area (TPSA) is 81.2 Å². The van der Waals surface area contributed by atoms with Crippen molar-refractivity contribution in [3.05, 3.63) is 18.4 Å². The van der Waals surface area contributed by atoms with Crippen LogP contribution in [0.15, 0.2) is 32.5 Å². The summed E-state index contributed by atoms with van der Waals surface area (Å²) in [5, 5.41) is 11.1. The molecule has 6 nitrogen and oxygen atoms in total. The van der Waals surface area contributed by atoms with Crippen LogP contribution in [0.4, 0.5) is 0 Å². The van der Waals surface area contributed by atoms with Crippen LogP contribution in [0.2, 0.25) is 0 Å². The fraction of sp³-hybridized carbons (Fsp3) is 0.462. The number of nitrogens with zero attached hydrogens (tertiary/aromatic N) is 2. The molecule has 2 heterocycles. The Hall–Kier alpha value is -1.76. The summed E-state index contributed by atoms with van der Waals surface area (Å²) in [4.78, 5) is 11.8. The van der Waals surface area contributed by atoms with Crippen LogP contribution in [0.25, 0.3) is 11.7 Å². The van der Waals surface area contributed by atoms with Gasteiger partial charge in [0.2, 0.25) is 5.91 Å². The molecule has 2 aromatic rings. The van der Waals surface area contributed by atoms with Crippen LogP contribution < -0.4 is 5.32 Å². The van der Waals surface area contributed by atoms with Crippen LogP contribution in [0.1, 0.15) is 25.7 Å². The Morgan fingerprint density at radius 1 is 1.40 bits per heavy atom. The fourth-order valence-electron chi connectivity index (χ4n) is 2.23. The molecule has 0 aliphatic heterocycles. The van der Waals surface area contributed by atoms with Crippen molar-refractivity contribution in [1.82, 2.24) is 15.5 Å². The van der Waals surface area contributed by atoms with Gasteiger partial charge in [-0.25, -0.2) is 0 Å². The molecule has 0 unspecified atom stereocenters. The third-order valence-corrected chi connectivity index (χ3v) is 4.00. The zero-order chi connectivity index (χ0) is 13.8. The van der Waals surface area contributed by atoms with Gasteiger partial charge in [-0.2, -0.15) is 0 Å². The third-order valence-electron chi connectivity index (χ3n) is 3.19. The highest BCUT2D eigenvalue weighted by atomic mass is 32.2. The van der Waals surface area contributed by atoms with E-state index in [4.69, 9.17) is 8.83 Å². The van der Waals surface area contributed by atoms with E-state index in [1.165, 1.54) is 24.6 Å². The van der Waals surface area contributed by atoms with Crippen LogP contribution in [-0.2, 0) is 4.79 Å². The zero-order valence-corrected chi connectivity index (χ0v) is 11.7. The summed E-state index contributed by atoms with van der Waals surface area (Å²) in [6, 6.07) is 3.83. The molecule has 7 heteroatoms. The minimum atomic E-state index is 0.0136. The number of aromatic nitrogens is 2. The lowest BCUT2D eigenvalue weighted by Gasteiger charge is -2.10. The Labute approximate surface area is 120 Å². The van der Waals surface area contributed by atoms with Gasteiger partial charge in [-0.15, -0.1) is 10.2 Å². The Morgan fingerprint density at radius 2 is 2.25 bits per heavy atom. The Kier molecular flexibility index (Phi) is 4.05. The molecule has 1 aliphatic carbocycles. The molecular formula is C13H15N3O3S. The highest BCUT2D eigenvalue weighted by Crippen LogP contribution is 2.23. The first-order valence-corrected chi connectivity index (χ1v) is 7.59. The second kappa shape index (κ2) is 6.13. The molecule has 1 fully saturated rings. The van der Waals surface area contributed by atoms with Gasteiger partial charge < -0.3 is 14.2 Å². The van der Waals surface area contributed by atoms with Crippen molar-refractivity contribution in [3.63, 3.8) is 0 Å². The fourth-order valence-corrected chi connectivity index (χ4v) is 2.81. The number of nitrogens with one attached hydrogen (secondary N) is 1. The lowest BCUT2D eigenvalue weighted by Crippen LogP contribution is -2.33. The van der Waals surface area contributed by atoms with E-state index in [9.17, 15) is 4.79 Å². The summed E-state index contributed by atoms with van der Waals surface area (Å²) >= 11 is 1.24. The average molecular weight is 293 g/mol. The SMILES string of the molecule is O=C(CSc1nnc(-c2ccco2)o1)NC1CCCC1. The largest absolute Gasteiger partial charge is 0.459 e. The van der Waals surface area contributed by atoms with Crippen molar-refractivity contribution in [2.24, 2.45) is 0 Å². The van der Waals surface area contributed by atoms with Crippen LogP contribution in [-0.4, -0.2) is 27.9 Å². The third kappa shape index (κ3) is 3.22. The Morgan fingerprint density at radius 3 is 3.00 bits per heavy atom. The van der Waals surface area contributed by atoms with E-state index >= 15 is 0 Å². The predicted molar refractivity (Wildman–Crippen MR) is 73.1 cm³/mol. The quantitative estimate of drug-likeness (QED) is 0.853. The monoisotopic (exact) mass is 293 g/mol. The summed E-state index contributed by atoms with van der Waals surface area (Å²) in [5.41, 5.74) is 0. The summed E-state index contributed by atoms with van der Waals surface area (Å²) in [6.07, 6.45) is 6.11. The number of thioether (sulfide) groups is 1. The molecule has 0 radical (unpaired) electrons. The van der Waals surface area contributed by atoms with Crippen LogP contribution in [0.5, 0.6) is 0 Å². The highest BCUT2D eigenvalue weighted by Gasteiger charge is 2.18. The van der Waals surface area contributed by atoms with Crippen molar-refractivity contribution < 1.29 is 13.6 Å². The number of carbonyl (C=O) groups excluding carboxylic acids is 1. The number of furan rings is 1. The lowest BCUT2D eigenvalue weighted by atomic mass is 10.2. The summed E-state index contributed by atoms with van der Waals surface area (Å²) < 4.78 is 10.6. The zero-order valence-electron chi connectivity index (χ0n) is 10.9. The first-order valence-electron chi connectivity index (χ1n) is 6.61. The van der Waals surface area contributed by atoms with E-state index in [1.807, 2.05) is 0 Å². The maximum atomic E-state index is 11.8. The summed E-state index contributed by atoms with van der Waals surface area (Å²) in [7, 11) is 0. The van der Waals surface area contributed by atoms with Gasteiger partial charge in [0.1, 0.15) is 0 Å². The second-order valence-corrected chi connectivity index (χ2v) is 5.61. The molecule has 0 atom stereocenters. The smallest absolute Gasteiger partial charge is 0.284 e. The molecule has 2 aromatic heterocycles. The lowest BCUT2D eigenvalue weighted by molar-refractivity contribution is -0.119. The van der Waals surface area contributed by atoms with E-state index < -0.39 is 0 Å². The van der Waals surface area contributed by atoms with Gasteiger partial charge in [0, 0.05) is 6.04 Å². The number of carbonyl (C=O) groups is 1. The molecule has 1 saturated carbocycles. The van der Waals surface area contributed by atoms with E-state index in [0.29, 0.717) is 22.9 Å². The molecule has 1 aliphatic rings. The van der Waals surface area contributed by atoms with Crippen molar-refractivity contribution in [2.45, 2.75) is 36.9 Å². The van der Waals surface area contributed by atoms with Crippen molar-refractivity contribution in [3.8, 4) is 11.7 Å². The molecule has 106 valence electrons. The van der Waals surface area contributed by atoms with E-state index in [-0.39, 0.29) is 11.7 Å². The number of hydrogen-bond donors (Lipinski definition) is 1. The number of rotatable bonds is 5. The van der Waals surface area contributed by atoms with Crippen LogP contribution in [0, 0.1) is 0 Å². The second-order valence-electron chi connectivity index (χ2n) is 4.69. The van der Waals surface area contributed by atoms with E-state index in [2.05, 4.69) is 15.5 Å². The van der Waals surface area contributed by atoms with Gasteiger partial charge in [0.05, 0.1) is 12.0 Å². The van der Waals surface area contributed by atoms with Crippen molar-refractivity contribution in [1.29, 1.82) is 0 Å². The van der Waals surface area contributed by atoms with Gasteiger partial charge in [-0.3, -0.25) is 4.79 Å². The minimum Gasteiger partial charge on any atom is -0.459 e. The van der Waals surface area contributed by atoms with Gasteiger partial charge in [0.15, 0.2) is 5.76 Å². The van der Waals surface area contributed by atoms with Crippen LogP contribution in [0.3, 0.4) is 0 Å². The van der Waals surface area contributed by atoms with Gasteiger partial charge in [0.25, 0.3) is 11.1 Å². The average Bonchev–Trinajstić information content (AvgIpc) is 3.18. The maximum Gasteiger partial charge on any atom is 0.284 e. The molecule has 0 spiro atoms. The van der Waals surface area contributed by atoms with Crippen molar-refractivity contribution in [2.75, 3.05) is 5.75 Å². The standard InChI is InChI=1S/C13H15N3O3S/c17-11(14-9-4-1-2-5-9)8-20-13-16-15-12(19-13)10-6-3-7-18-10/h3,6-7,9H,1-2,4-5,8H2,(H,14,17). The molecule has 1 amide bonds. The van der Waals surface area contributed by atoms with Gasteiger partial charge >= 0.3 is 0 Å². The maximum absolute atomic E-state index is 11.8. The molecule has 3 rings (SSSR count). The number of amides is 1. The summed E-state index contributed by atoms with van der Waals surface area (Å²) in [5.74, 6) is 1.16. The van der Waals surface area contributed by atoms with E-state index in [0.717, 1.165) is 12.8 Å². The summed E-state index contributed by atoms with van der Waals surface area (Å²) in [6.45, 7) is 0. The molecule has 0 aromatic carbocycles. The first-order chi connectivity index (χ1) is 9.81. The minimum absolute atomic E-state index is 0.0136. The Bertz CT molecular complexity index is 561. The van der Waals surface area contributed by atoms with Gasteiger partial charge in [-0.1, -0.05) is 24.6 Å². The molecular weight excluding hydrogens is 278 g/mol. The molecule has 0 saturated heterocycles.